The molecule has 0 spiro atoms. The van der Waals surface area contributed by atoms with E-state index >= 15 is 0 Å². The maximum absolute atomic E-state index is 12.6. The highest BCUT2D eigenvalue weighted by atomic mass is 79.9. The van der Waals surface area contributed by atoms with Gasteiger partial charge in [-0.05, 0) is 46.3 Å². The molecule has 0 fully saturated rings. The van der Waals surface area contributed by atoms with Gasteiger partial charge in [0.25, 0.3) is 11.1 Å². The van der Waals surface area contributed by atoms with E-state index in [-0.39, 0.29) is 11.1 Å². The van der Waals surface area contributed by atoms with E-state index in [4.69, 9.17) is 11.6 Å². The number of rotatable bonds is 0. The van der Waals surface area contributed by atoms with Crippen molar-refractivity contribution >= 4 is 65.3 Å². The highest BCUT2D eigenvalue weighted by molar-refractivity contribution is 9.11. The van der Waals surface area contributed by atoms with Gasteiger partial charge in [-0.15, -0.1) is 0 Å². The lowest BCUT2D eigenvalue weighted by molar-refractivity contribution is 0.841. The fraction of sp³-hybridized carbons (Fsp3) is 0. The Morgan fingerprint density at radius 1 is 0.905 bits per heavy atom. The Morgan fingerprint density at radius 2 is 1.67 bits per heavy atom. The zero-order valence-electron chi connectivity index (χ0n) is 10.2. The highest BCUT2D eigenvalue weighted by Crippen LogP contribution is 2.28. The largest absolute Gasteiger partial charge is 0.283 e. The Labute approximate surface area is 139 Å². The number of fused-ring (bicyclic) bond motifs is 5. The lowest BCUT2D eigenvalue weighted by Crippen LogP contribution is -2.21. The van der Waals surface area contributed by atoms with Crippen LogP contribution < -0.4 is 11.1 Å². The third kappa shape index (κ3) is 1.66. The number of hydrogen-bond acceptors (Lipinski definition) is 2. The van der Waals surface area contributed by atoms with E-state index in [1.54, 1.807) is 28.8 Å². The molecule has 2 aromatic carbocycles. The topological polar surface area (TPSA) is 43.0 Å². The number of nitrogens with zero attached hydrogens (tertiary/aromatic N) is 2. The van der Waals surface area contributed by atoms with Crippen molar-refractivity contribution in [3.63, 3.8) is 0 Å². The summed E-state index contributed by atoms with van der Waals surface area (Å²) in [6.07, 6.45) is 0. The van der Waals surface area contributed by atoms with E-state index in [1.165, 1.54) is 0 Å². The summed E-state index contributed by atoms with van der Waals surface area (Å²) >= 11 is 12.7. The molecule has 0 amide bonds. The lowest BCUT2D eigenvalue weighted by atomic mass is 10.2. The molecule has 0 atom stereocenters. The zero-order valence-corrected chi connectivity index (χ0v) is 14.2. The lowest BCUT2D eigenvalue weighted by Gasteiger charge is -1.98. The van der Waals surface area contributed by atoms with Crippen molar-refractivity contribution in [2.75, 3.05) is 0 Å². The number of halogens is 3. The van der Waals surface area contributed by atoms with Gasteiger partial charge in [0.1, 0.15) is 0 Å². The van der Waals surface area contributed by atoms with Crippen LogP contribution in [0, 0.1) is 0 Å². The van der Waals surface area contributed by atoms with E-state index < -0.39 is 0 Å². The van der Waals surface area contributed by atoms with Gasteiger partial charge in [-0.3, -0.25) is 9.59 Å². The Bertz CT molecular complexity index is 1160. The summed E-state index contributed by atoms with van der Waals surface area (Å²) in [4.78, 5) is 25.0. The van der Waals surface area contributed by atoms with Crippen molar-refractivity contribution in [2.24, 2.45) is 0 Å². The molecule has 2 aromatic heterocycles. The summed E-state index contributed by atoms with van der Waals surface area (Å²) in [7, 11) is 0. The fourth-order valence-electron chi connectivity index (χ4n) is 2.64. The van der Waals surface area contributed by atoms with E-state index in [1.807, 2.05) is 6.07 Å². The van der Waals surface area contributed by atoms with Gasteiger partial charge < -0.3 is 0 Å². The summed E-state index contributed by atoms with van der Waals surface area (Å²) in [6.45, 7) is 0. The highest BCUT2D eigenvalue weighted by Gasteiger charge is 2.19. The van der Waals surface area contributed by atoms with Gasteiger partial charge >= 0.3 is 0 Å². The molecule has 0 aliphatic carbocycles. The first-order valence-corrected chi connectivity index (χ1v) is 7.93. The minimum Gasteiger partial charge on any atom is -0.267 e. The third-order valence-electron chi connectivity index (χ3n) is 3.48. The molecule has 4 nitrogen and oxygen atoms in total. The van der Waals surface area contributed by atoms with Crippen LogP contribution >= 0.6 is 43.5 Å². The van der Waals surface area contributed by atoms with Gasteiger partial charge in [0.15, 0.2) is 0 Å². The minimum atomic E-state index is -0.364. The summed E-state index contributed by atoms with van der Waals surface area (Å²) in [6, 6.07) is 8.62. The Balaban J connectivity index is 2.45. The molecule has 0 unspecified atom stereocenters. The average molecular weight is 428 g/mol. The molecule has 21 heavy (non-hydrogen) atoms. The molecule has 4 rings (SSSR count). The molecule has 0 saturated carbocycles. The normalized spacial score (nSPS) is 12.0. The van der Waals surface area contributed by atoms with Crippen molar-refractivity contribution in [1.29, 1.82) is 0 Å². The van der Waals surface area contributed by atoms with Crippen molar-refractivity contribution in [1.82, 2.24) is 9.03 Å². The maximum atomic E-state index is 12.6. The smallest absolute Gasteiger partial charge is 0.267 e. The second-order valence-electron chi connectivity index (χ2n) is 4.68. The van der Waals surface area contributed by atoms with Gasteiger partial charge in [-0.25, -0.2) is 4.52 Å². The van der Waals surface area contributed by atoms with Crippen LogP contribution in [0.25, 0.3) is 21.8 Å². The molecule has 7 heteroatoms. The molecular formula is C14H5Br2ClN2O2. The zero-order chi connectivity index (χ0) is 14.9. The standard InChI is InChI=1S/C14H5Br2ClN2O2/c15-6-3-9(16)12-11(4-6)18-10-2-1-7(17)5-8(10)13(20)19(18)14(12)21/h1-5H. The van der Waals surface area contributed by atoms with Crippen LogP contribution in [0.4, 0.5) is 0 Å². The summed E-state index contributed by atoms with van der Waals surface area (Å²) < 4.78 is 4.23. The van der Waals surface area contributed by atoms with E-state index in [2.05, 4.69) is 31.9 Å². The van der Waals surface area contributed by atoms with Gasteiger partial charge in [0, 0.05) is 14.0 Å². The van der Waals surface area contributed by atoms with Crippen LogP contribution in [0.2, 0.25) is 5.02 Å². The molecular weight excluding hydrogens is 423 g/mol. The number of aromatic nitrogens is 2. The van der Waals surface area contributed by atoms with Crippen molar-refractivity contribution in [3.8, 4) is 0 Å². The quantitative estimate of drug-likeness (QED) is 0.429. The van der Waals surface area contributed by atoms with Crippen molar-refractivity contribution in [3.05, 3.63) is 65.0 Å². The molecule has 0 aliphatic heterocycles. The van der Waals surface area contributed by atoms with E-state index in [0.29, 0.717) is 31.3 Å². The van der Waals surface area contributed by atoms with Crippen LogP contribution in [0.15, 0.2) is 48.9 Å². The Morgan fingerprint density at radius 3 is 2.43 bits per heavy atom. The minimum absolute atomic E-state index is 0.346. The second-order valence-corrected chi connectivity index (χ2v) is 6.88. The first-order valence-electron chi connectivity index (χ1n) is 5.96. The average Bonchev–Trinajstić information content (AvgIpc) is 2.86. The first-order chi connectivity index (χ1) is 9.99. The molecule has 0 aliphatic rings. The molecule has 104 valence electrons. The number of hydrogen-bond donors (Lipinski definition) is 0. The van der Waals surface area contributed by atoms with Crippen molar-refractivity contribution in [2.45, 2.75) is 0 Å². The Kier molecular flexibility index (Phi) is 2.73. The van der Waals surface area contributed by atoms with Gasteiger partial charge in [0.05, 0.1) is 21.8 Å². The van der Waals surface area contributed by atoms with Crippen LogP contribution in [-0.4, -0.2) is 9.03 Å². The molecule has 0 N–H and O–H groups in total. The van der Waals surface area contributed by atoms with Crippen molar-refractivity contribution < 1.29 is 0 Å². The van der Waals surface area contributed by atoms with Gasteiger partial charge in [0.2, 0.25) is 0 Å². The second kappa shape index (κ2) is 4.32. The Hall–Kier alpha value is -1.37. The van der Waals surface area contributed by atoms with Crippen LogP contribution in [-0.2, 0) is 0 Å². The van der Waals surface area contributed by atoms with Crippen LogP contribution in [0.5, 0.6) is 0 Å². The van der Waals surface area contributed by atoms with Crippen LogP contribution in [0.1, 0.15) is 0 Å². The predicted molar refractivity (Wildman–Crippen MR) is 90.0 cm³/mol. The molecule has 2 heterocycles. The monoisotopic (exact) mass is 426 g/mol. The molecule has 4 aromatic rings. The third-order valence-corrected chi connectivity index (χ3v) is 4.80. The summed E-state index contributed by atoms with van der Waals surface area (Å²) in [5.74, 6) is 0. The molecule has 0 bridgehead atoms. The summed E-state index contributed by atoms with van der Waals surface area (Å²) in [5, 5.41) is 1.37. The van der Waals surface area contributed by atoms with Gasteiger partial charge in [-0.1, -0.05) is 27.5 Å². The van der Waals surface area contributed by atoms with E-state index in [0.717, 1.165) is 8.99 Å². The molecule has 0 saturated heterocycles. The first kappa shape index (κ1) is 13.3. The van der Waals surface area contributed by atoms with Gasteiger partial charge in [-0.2, -0.15) is 4.52 Å². The summed E-state index contributed by atoms with van der Waals surface area (Å²) in [5.41, 5.74) is 0.607. The van der Waals surface area contributed by atoms with E-state index in [9.17, 15) is 9.59 Å². The molecule has 0 radical (unpaired) electrons. The SMILES string of the molecule is O=c1c2cc(Cl)ccc2n2c3cc(Br)cc(Br)c3c(=O)n12. The van der Waals surface area contributed by atoms with Crippen LogP contribution in [0.3, 0.4) is 0 Å². The predicted octanol–water partition coefficient (Wildman–Crippen LogP) is 3.68. The number of benzene rings is 2. The maximum Gasteiger partial charge on any atom is 0.283 e. The fourth-order valence-corrected chi connectivity index (χ4v) is 4.19.